The number of halogens is 4. The first kappa shape index (κ1) is 24.2. The van der Waals surface area contributed by atoms with E-state index in [1.165, 1.54) is 18.2 Å². The molecule has 2 aliphatic heterocycles. The predicted octanol–water partition coefficient (Wildman–Crippen LogP) is 5.34. The SMILES string of the molecule is Cc1ccc(N2CCN3c4ccc(C(F)(F)F)cc4C[C@H](C(=O)NCc4ccc(F)cc4)[C@@H]3C2)cc1. The van der Waals surface area contributed by atoms with Crippen LogP contribution in [-0.2, 0) is 23.9 Å². The van der Waals surface area contributed by atoms with Gasteiger partial charge in [-0.1, -0.05) is 29.8 Å². The minimum absolute atomic E-state index is 0.197. The molecule has 1 fully saturated rings. The normalized spacial score (nSPS) is 19.5. The van der Waals surface area contributed by atoms with Gasteiger partial charge in [0, 0.05) is 37.6 Å². The van der Waals surface area contributed by atoms with Crippen LogP contribution in [0.1, 0.15) is 22.3 Å². The lowest BCUT2D eigenvalue weighted by Crippen LogP contribution is -2.61. The number of fused-ring (bicyclic) bond motifs is 3. The third-order valence-corrected chi connectivity index (χ3v) is 7.16. The smallest absolute Gasteiger partial charge is 0.368 e. The molecule has 1 amide bonds. The molecule has 1 N–H and O–H groups in total. The quantitative estimate of drug-likeness (QED) is 0.495. The number of hydrogen-bond donors (Lipinski definition) is 1. The van der Waals surface area contributed by atoms with Gasteiger partial charge in [-0.25, -0.2) is 4.39 Å². The summed E-state index contributed by atoms with van der Waals surface area (Å²) in [5.74, 6) is -1.11. The van der Waals surface area contributed by atoms with E-state index in [4.69, 9.17) is 0 Å². The molecule has 0 aromatic heterocycles. The van der Waals surface area contributed by atoms with E-state index in [1.807, 2.05) is 19.1 Å². The number of anilines is 2. The van der Waals surface area contributed by atoms with E-state index >= 15 is 0 Å². The average Bonchev–Trinajstić information content (AvgIpc) is 2.87. The van der Waals surface area contributed by atoms with Gasteiger partial charge in [0.15, 0.2) is 0 Å². The first-order valence-corrected chi connectivity index (χ1v) is 12.0. The minimum Gasteiger partial charge on any atom is -0.368 e. The number of carbonyl (C=O) groups is 1. The summed E-state index contributed by atoms with van der Waals surface area (Å²) in [4.78, 5) is 17.7. The molecule has 3 aromatic carbocycles. The maximum Gasteiger partial charge on any atom is 0.416 e. The first-order chi connectivity index (χ1) is 17.2. The van der Waals surface area contributed by atoms with Crippen LogP contribution in [0.15, 0.2) is 66.7 Å². The summed E-state index contributed by atoms with van der Waals surface area (Å²) in [5, 5.41) is 2.93. The van der Waals surface area contributed by atoms with E-state index in [9.17, 15) is 22.4 Å². The number of hydrogen-bond acceptors (Lipinski definition) is 3. The van der Waals surface area contributed by atoms with Gasteiger partial charge in [0.1, 0.15) is 5.82 Å². The molecule has 8 heteroatoms. The van der Waals surface area contributed by atoms with Crippen LogP contribution in [0, 0.1) is 18.7 Å². The first-order valence-electron chi connectivity index (χ1n) is 12.0. The molecule has 36 heavy (non-hydrogen) atoms. The maximum atomic E-state index is 13.4. The molecule has 1 saturated heterocycles. The van der Waals surface area contributed by atoms with Crippen LogP contribution in [0.5, 0.6) is 0 Å². The Balaban J connectivity index is 1.43. The zero-order valence-corrected chi connectivity index (χ0v) is 19.9. The van der Waals surface area contributed by atoms with Crippen LogP contribution in [0.25, 0.3) is 0 Å². The Morgan fingerprint density at radius 2 is 1.72 bits per heavy atom. The highest BCUT2D eigenvalue weighted by molar-refractivity contribution is 5.82. The van der Waals surface area contributed by atoms with Gasteiger partial charge in [-0.2, -0.15) is 13.2 Å². The Bertz CT molecular complexity index is 1240. The van der Waals surface area contributed by atoms with Gasteiger partial charge in [0.2, 0.25) is 5.91 Å². The summed E-state index contributed by atoms with van der Waals surface area (Å²) in [6.07, 6.45) is -4.23. The molecule has 0 unspecified atom stereocenters. The largest absolute Gasteiger partial charge is 0.416 e. The van der Waals surface area contributed by atoms with Gasteiger partial charge in [0.05, 0.1) is 17.5 Å². The number of carbonyl (C=O) groups excluding carboxylic acids is 1. The van der Waals surface area contributed by atoms with Crippen LogP contribution < -0.4 is 15.1 Å². The molecule has 188 valence electrons. The van der Waals surface area contributed by atoms with Gasteiger partial charge in [-0.05, 0) is 66.9 Å². The molecule has 3 aromatic rings. The van der Waals surface area contributed by atoms with Crippen molar-refractivity contribution >= 4 is 17.3 Å². The van der Waals surface area contributed by atoms with E-state index < -0.39 is 17.7 Å². The molecular formula is C28H27F4N3O. The van der Waals surface area contributed by atoms with Crippen molar-refractivity contribution in [2.75, 3.05) is 29.4 Å². The van der Waals surface area contributed by atoms with E-state index in [0.717, 1.165) is 28.6 Å². The van der Waals surface area contributed by atoms with Gasteiger partial charge in [-0.15, -0.1) is 0 Å². The Hall–Kier alpha value is -3.55. The Labute approximate surface area is 207 Å². The van der Waals surface area contributed by atoms with Crippen molar-refractivity contribution in [3.05, 3.63) is 94.8 Å². The summed E-state index contributed by atoms with van der Waals surface area (Å²) in [7, 11) is 0. The van der Waals surface area contributed by atoms with Crippen molar-refractivity contribution in [3.8, 4) is 0 Å². The predicted molar refractivity (Wildman–Crippen MR) is 131 cm³/mol. The minimum atomic E-state index is -4.45. The number of rotatable bonds is 4. The van der Waals surface area contributed by atoms with E-state index in [1.54, 1.807) is 18.2 Å². The number of piperazine rings is 1. The summed E-state index contributed by atoms with van der Waals surface area (Å²) in [6.45, 7) is 4.12. The lowest BCUT2D eigenvalue weighted by atomic mass is 9.82. The number of benzene rings is 3. The average molecular weight is 498 g/mol. The van der Waals surface area contributed by atoms with Gasteiger partial charge < -0.3 is 15.1 Å². The van der Waals surface area contributed by atoms with Crippen LogP contribution in [0.3, 0.4) is 0 Å². The van der Waals surface area contributed by atoms with Gasteiger partial charge in [0.25, 0.3) is 0 Å². The lowest BCUT2D eigenvalue weighted by molar-refractivity contribution is -0.137. The molecular weight excluding hydrogens is 470 g/mol. The molecule has 2 atom stereocenters. The standard InChI is InChI=1S/C28H27F4N3O/c1-18-2-9-23(10-3-18)34-12-13-35-25-11-6-21(28(30,31)32)14-20(25)15-24(26(35)17-34)27(36)33-16-19-4-7-22(29)8-5-19/h2-11,14,24,26H,12-13,15-17H2,1H3,(H,33,36)/t24-,26-/m0/s1. The third-order valence-electron chi connectivity index (χ3n) is 7.16. The molecule has 5 rings (SSSR count). The molecule has 0 spiro atoms. The fourth-order valence-corrected chi connectivity index (χ4v) is 5.21. The highest BCUT2D eigenvalue weighted by atomic mass is 19.4. The van der Waals surface area contributed by atoms with Crippen LogP contribution in [0.4, 0.5) is 28.9 Å². The zero-order chi connectivity index (χ0) is 25.4. The van der Waals surface area contributed by atoms with E-state index in [-0.39, 0.29) is 30.7 Å². The van der Waals surface area contributed by atoms with Crippen molar-refractivity contribution in [2.45, 2.75) is 32.1 Å². The highest BCUT2D eigenvalue weighted by Crippen LogP contribution is 2.40. The fourth-order valence-electron chi connectivity index (χ4n) is 5.21. The Morgan fingerprint density at radius 1 is 1.00 bits per heavy atom. The topological polar surface area (TPSA) is 35.6 Å². The van der Waals surface area contributed by atoms with Gasteiger partial charge in [-0.3, -0.25) is 4.79 Å². The van der Waals surface area contributed by atoms with Crippen molar-refractivity contribution in [1.29, 1.82) is 0 Å². The van der Waals surface area contributed by atoms with E-state index in [0.29, 0.717) is 25.2 Å². The second-order valence-electron chi connectivity index (χ2n) is 9.54. The maximum absolute atomic E-state index is 13.4. The summed E-state index contributed by atoms with van der Waals surface area (Å²) in [5.41, 5.74) is 3.56. The fraction of sp³-hybridized carbons (Fsp3) is 0.321. The Kier molecular flexibility index (Phi) is 6.36. The highest BCUT2D eigenvalue weighted by Gasteiger charge is 2.42. The number of nitrogens with zero attached hydrogens (tertiary/aromatic N) is 2. The summed E-state index contributed by atoms with van der Waals surface area (Å²) < 4.78 is 53.5. The molecule has 2 heterocycles. The summed E-state index contributed by atoms with van der Waals surface area (Å²) >= 11 is 0. The zero-order valence-electron chi connectivity index (χ0n) is 19.9. The number of nitrogens with one attached hydrogen (secondary N) is 1. The van der Waals surface area contributed by atoms with Crippen molar-refractivity contribution in [1.82, 2.24) is 5.32 Å². The van der Waals surface area contributed by atoms with Crippen LogP contribution >= 0.6 is 0 Å². The molecule has 2 aliphatic rings. The summed E-state index contributed by atoms with van der Waals surface area (Å²) in [6, 6.07) is 17.7. The number of alkyl halides is 3. The van der Waals surface area contributed by atoms with Crippen molar-refractivity contribution < 1.29 is 22.4 Å². The van der Waals surface area contributed by atoms with Crippen molar-refractivity contribution in [3.63, 3.8) is 0 Å². The monoisotopic (exact) mass is 497 g/mol. The second kappa shape index (κ2) is 9.48. The number of amides is 1. The molecule has 0 saturated carbocycles. The van der Waals surface area contributed by atoms with Gasteiger partial charge >= 0.3 is 6.18 Å². The molecule has 0 bridgehead atoms. The molecule has 0 radical (unpaired) electrons. The molecule has 0 aliphatic carbocycles. The van der Waals surface area contributed by atoms with Crippen LogP contribution in [0.2, 0.25) is 0 Å². The van der Waals surface area contributed by atoms with E-state index in [2.05, 4.69) is 27.2 Å². The second-order valence-corrected chi connectivity index (χ2v) is 9.54. The lowest BCUT2D eigenvalue weighted by Gasteiger charge is -2.49. The van der Waals surface area contributed by atoms with Crippen molar-refractivity contribution in [2.24, 2.45) is 5.92 Å². The molecule has 4 nitrogen and oxygen atoms in total. The number of aryl methyl sites for hydroxylation is 1. The Morgan fingerprint density at radius 3 is 2.42 bits per heavy atom. The third kappa shape index (κ3) is 4.90. The van der Waals surface area contributed by atoms with Crippen LogP contribution in [-0.4, -0.2) is 31.6 Å².